The highest BCUT2D eigenvalue weighted by molar-refractivity contribution is 7.91. The van der Waals surface area contributed by atoms with Crippen molar-refractivity contribution in [2.75, 3.05) is 31.1 Å². The van der Waals surface area contributed by atoms with Crippen molar-refractivity contribution in [1.29, 1.82) is 0 Å². The highest BCUT2D eigenvalue weighted by Gasteiger charge is 2.08. The van der Waals surface area contributed by atoms with Gasteiger partial charge < -0.3 is 16.4 Å². The number of carbonyl (C=O) groups excluding carboxylic acids is 2. The zero-order chi connectivity index (χ0) is 12.6. The van der Waals surface area contributed by atoms with Gasteiger partial charge in [-0.3, -0.25) is 9.59 Å². The average molecular weight is 251 g/mol. The fourth-order valence-electron chi connectivity index (χ4n) is 0.804. The molecule has 0 saturated carbocycles. The van der Waals surface area contributed by atoms with E-state index in [0.717, 1.165) is 0 Å². The fourth-order valence-corrected chi connectivity index (χ4v) is 1.51. The van der Waals surface area contributed by atoms with Gasteiger partial charge in [-0.15, -0.1) is 0 Å². The third-order valence-electron chi connectivity index (χ3n) is 1.81. The molecule has 0 atom stereocenters. The first-order valence-corrected chi connectivity index (χ1v) is 6.67. The maximum atomic E-state index is 11.1. The Kier molecular flexibility index (Phi) is 6.66. The summed E-state index contributed by atoms with van der Waals surface area (Å²) in [5, 5.41) is 4.65. The van der Waals surface area contributed by atoms with Gasteiger partial charge in [-0.05, 0) is 0 Å². The Labute approximate surface area is 94.7 Å². The first-order valence-electron chi connectivity index (χ1n) is 4.85. The zero-order valence-corrected chi connectivity index (χ0v) is 9.97. The number of hydrogen-bond acceptors (Lipinski definition) is 5. The summed E-state index contributed by atoms with van der Waals surface area (Å²) in [5.41, 5.74) is 5.01. The van der Waals surface area contributed by atoms with Gasteiger partial charge in [-0.1, -0.05) is 6.92 Å². The molecule has 4 N–H and O–H groups in total. The number of amides is 2. The summed E-state index contributed by atoms with van der Waals surface area (Å²) in [7, 11) is -3.07. The summed E-state index contributed by atoms with van der Waals surface area (Å²) < 4.78 is 22.1. The molecule has 0 aliphatic heterocycles. The number of nitrogens with one attached hydrogen (secondary N) is 2. The van der Waals surface area contributed by atoms with Crippen molar-refractivity contribution in [2.24, 2.45) is 5.73 Å². The van der Waals surface area contributed by atoms with Crippen molar-refractivity contribution in [2.45, 2.75) is 6.92 Å². The highest BCUT2D eigenvalue weighted by atomic mass is 32.2. The molecular weight excluding hydrogens is 234 g/mol. The van der Waals surface area contributed by atoms with Crippen LogP contribution in [-0.4, -0.2) is 51.4 Å². The van der Waals surface area contributed by atoms with Crippen molar-refractivity contribution >= 4 is 21.7 Å². The maximum absolute atomic E-state index is 11.1. The molecule has 2 amide bonds. The standard InChI is InChI=1S/C8H17N3O4S/c1-2-16(14,15)4-3-10-8(13)6-11-7(12)5-9/h2-6,9H2,1H3,(H,10,13)(H,11,12). The van der Waals surface area contributed by atoms with Crippen LogP contribution in [0.5, 0.6) is 0 Å². The minimum atomic E-state index is -3.07. The summed E-state index contributed by atoms with van der Waals surface area (Å²) in [4.78, 5) is 21.8. The Morgan fingerprint density at radius 2 is 1.81 bits per heavy atom. The number of nitrogens with two attached hydrogens (primary N) is 1. The summed E-state index contributed by atoms with van der Waals surface area (Å²) in [5.74, 6) is -0.920. The fraction of sp³-hybridized carbons (Fsp3) is 0.750. The first kappa shape index (κ1) is 14.8. The molecular formula is C8H17N3O4S. The number of sulfone groups is 1. The molecule has 0 aromatic carbocycles. The van der Waals surface area contributed by atoms with Gasteiger partial charge in [0, 0.05) is 12.3 Å². The van der Waals surface area contributed by atoms with Crippen LogP contribution in [0, 0.1) is 0 Å². The van der Waals surface area contributed by atoms with E-state index in [0.29, 0.717) is 0 Å². The Morgan fingerprint density at radius 3 is 2.31 bits per heavy atom. The van der Waals surface area contributed by atoms with Crippen LogP contribution in [0.25, 0.3) is 0 Å². The van der Waals surface area contributed by atoms with E-state index in [9.17, 15) is 18.0 Å². The van der Waals surface area contributed by atoms with Gasteiger partial charge >= 0.3 is 0 Å². The lowest BCUT2D eigenvalue weighted by atomic mass is 10.5. The normalized spacial score (nSPS) is 10.9. The third kappa shape index (κ3) is 7.18. The lowest BCUT2D eigenvalue weighted by Gasteiger charge is -2.05. The minimum Gasteiger partial charge on any atom is -0.354 e. The zero-order valence-electron chi connectivity index (χ0n) is 9.15. The molecule has 0 aliphatic rings. The van der Waals surface area contributed by atoms with E-state index in [1.807, 2.05) is 0 Å². The van der Waals surface area contributed by atoms with Crippen LogP contribution < -0.4 is 16.4 Å². The van der Waals surface area contributed by atoms with Crippen molar-refractivity contribution < 1.29 is 18.0 Å². The second-order valence-corrected chi connectivity index (χ2v) is 5.54. The average Bonchev–Trinajstić information content (AvgIpc) is 2.25. The van der Waals surface area contributed by atoms with E-state index >= 15 is 0 Å². The Hall–Kier alpha value is -1.15. The molecule has 94 valence electrons. The monoisotopic (exact) mass is 251 g/mol. The molecule has 0 rings (SSSR count). The third-order valence-corrected chi connectivity index (χ3v) is 3.51. The topological polar surface area (TPSA) is 118 Å². The van der Waals surface area contributed by atoms with Crippen LogP contribution in [0.1, 0.15) is 6.92 Å². The largest absolute Gasteiger partial charge is 0.354 e. The second kappa shape index (κ2) is 7.18. The van der Waals surface area contributed by atoms with E-state index in [2.05, 4.69) is 10.6 Å². The van der Waals surface area contributed by atoms with E-state index in [1.54, 1.807) is 6.92 Å². The molecule has 0 radical (unpaired) electrons. The molecule has 0 spiro atoms. The highest BCUT2D eigenvalue weighted by Crippen LogP contribution is 1.86. The molecule has 0 fully saturated rings. The predicted molar refractivity (Wildman–Crippen MR) is 59.4 cm³/mol. The van der Waals surface area contributed by atoms with Crippen molar-refractivity contribution in [3.8, 4) is 0 Å². The molecule has 0 heterocycles. The van der Waals surface area contributed by atoms with Gasteiger partial charge in [-0.25, -0.2) is 8.42 Å². The summed E-state index contributed by atoms with van der Waals surface area (Å²) in [6, 6.07) is 0. The molecule has 8 heteroatoms. The van der Waals surface area contributed by atoms with Crippen LogP contribution in [0.3, 0.4) is 0 Å². The van der Waals surface area contributed by atoms with Crippen molar-refractivity contribution in [3.05, 3.63) is 0 Å². The van der Waals surface area contributed by atoms with E-state index in [-0.39, 0.29) is 31.1 Å². The van der Waals surface area contributed by atoms with Crippen LogP contribution >= 0.6 is 0 Å². The lowest BCUT2D eigenvalue weighted by Crippen LogP contribution is -2.40. The van der Waals surface area contributed by atoms with E-state index in [4.69, 9.17) is 5.73 Å². The number of carbonyl (C=O) groups is 2. The predicted octanol–water partition coefficient (Wildman–Crippen LogP) is -2.39. The van der Waals surface area contributed by atoms with Crippen LogP contribution in [-0.2, 0) is 19.4 Å². The first-order chi connectivity index (χ1) is 7.41. The Morgan fingerprint density at radius 1 is 1.19 bits per heavy atom. The molecule has 0 aromatic heterocycles. The summed E-state index contributed by atoms with van der Waals surface area (Å²) in [6.07, 6.45) is 0. The SMILES string of the molecule is CCS(=O)(=O)CCNC(=O)CNC(=O)CN. The Bertz CT molecular complexity index is 339. The molecule has 16 heavy (non-hydrogen) atoms. The van der Waals surface area contributed by atoms with Crippen molar-refractivity contribution in [3.63, 3.8) is 0 Å². The number of hydrogen-bond donors (Lipinski definition) is 3. The quantitative estimate of drug-likeness (QED) is 0.466. The molecule has 7 nitrogen and oxygen atoms in total. The summed E-state index contributed by atoms with van der Waals surface area (Å²) in [6.45, 7) is 1.21. The van der Waals surface area contributed by atoms with E-state index < -0.39 is 21.7 Å². The van der Waals surface area contributed by atoms with Crippen LogP contribution in [0.2, 0.25) is 0 Å². The van der Waals surface area contributed by atoms with Gasteiger partial charge in [0.1, 0.15) is 0 Å². The van der Waals surface area contributed by atoms with Gasteiger partial charge in [0.05, 0.1) is 18.8 Å². The van der Waals surface area contributed by atoms with Gasteiger partial charge in [-0.2, -0.15) is 0 Å². The van der Waals surface area contributed by atoms with E-state index in [1.165, 1.54) is 0 Å². The Balaban J connectivity index is 3.71. The van der Waals surface area contributed by atoms with Gasteiger partial charge in [0.25, 0.3) is 0 Å². The minimum absolute atomic E-state index is 0.0484. The number of rotatable bonds is 7. The molecule has 0 bridgehead atoms. The van der Waals surface area contributed by atoms with Gasteiger partial charge in [0.15, 0.2) is 9.84 Å². The van der Waals surface area contributed by atoms with Crippen LogP contribution in [0.4, 0.5) is 0 Å². The van der Waals surface area contributed by atoms with Crippen molar-refractivity contribution in [1.82, 2.24) is 10.6 Å². The smallest absolute Gasteiger partial charge is 0.239 e. The molecule has 0 unspecified atom stereocenters. The molecule has 0 saturated heterocycles. The lowest BCUT2D eigenvalue weighted by molar-refractivity contribution is -0.125. The molecule has 0 aliphatic carbocycles. The second-order valence-electron chi connectivity index (χ2n) is 3.07. The molecule has 0 aromatic rings. The van der Waals surface area contributed by atoms with Gasteiger partial charge in [0.2, 0.25) is 11.8 Å². The summed E-state index contributed by atoms with van der Waals surface area (Å²) >= 11 is 0. The van der Waals surface area contributed by atoms with Crippen LogP contribution in [0.15, 0.2) is 0 Å². The maximum Gasteiger partial charge on any atom is 0.239 e.